The van der Waals surface area contributed by atoms with Gasteiger partial charge in [-0.3, -0.25) is 0 Å². The quantitative estimate of drug-likeness (QED) is 0.649. The summed E-state index contributed by atoms with van der Waals surface area (Å²) in [4.78, 5) is 0. The van der Waals surface area contributed by atoms with E-state index in [-0.39, 0.29) is 6.61 Å². The van der Waals surface area contributed by atoms with Gasteiger partial charge < -0.3 is 15.3 Å². The molecular weight excluding hydrogens is 286 g/mol. The number of aliphatic hydroxyl groups excluding tert-OH is 1. The van der Waals surface area contributed by atoms with Crippen LogP contribution in [0.5, 0.6) is 0 Å². The largest absolute Gasteiger partial charge is 0.462 e. The van der Waals surface area contributed by atoms with E-state index >= 15 is 0 Å². The van der Waals surface area contributed by atoms with Gasteiger partial charge in [0.05, 0.1) is 6.61 Å². The molecule has 23 heavy (non-hydrogen) atoms. The molecule has 1 atom stereocenters. The lowest BCUT2D eigenvalue weighted by molar-refractivity contribution is 0.199. The lowest BCUT2D eigenvalue weighted by atomic mass is 9.86. The summed E-state index contributed by atoms with van der Waals surface area (Å²) in [5.41, 5.74) is 5.41. The fourth-order valence-corrected chi connectivity index (χ4v) is 3.31. The van der Waals surface area contributed by atoms with Crippen LogP contribution in [0.3, 0.4) is 0 Å². The molecule has 2 rings (SSSR count). The Hall–Kier alpha value is -1.06. The van der Waals surface area contributed by atoms with E-state index in [1.54, 1.807) is 0 Å². The van der Waals surface area contributed by atoms with Gasteiger partial charge in [-0.25, -0.2) is 0 Å². The van der Waals surface area contributed by atoms with Gasteiger partial charge in [-0.05, 0) is 50.3 Å². The van der Waals surface area contributed by atoms with Gasteiger partial charge in [-0.15, -0.1) is 0 Å². The molecule has 0 aromatic carbocycles. The third-order valence-electron chi connectivity index (χ3n) is 4.98. The normalized spacial score (nSPS) is 19.3. The van der Waals surface area contributed by atoms with Crippen molar-refractivity contribution in [2.45, 2.75) is 76.7 Å². The molecule has 1 aromatic rings. The first-order chi connectivity index (χ1) is 11.1. The molecule has 1 unspecified atom stereocenters. The smallest absolute Gasteiger partial charge is 0.126 e. The third-order valence-corrected chi connectivity index (χ3v) is 4.98. The summed E-state index contributed by atoms with van der Waals surface area (Å²) in [7, 11) is 0. The third kappa shape index (κ3) is 6.92. The maximum Gasteiger partial charge on any atom is 0.126 e. The highest BCUT2D eigenvalue weighted by molar-refractivity contribution is 5.42. The van der Waals surface area contributed by atoms with Crippen LogP contribution in [0.1, 0.15) is 76.2 Å². The summed E-state index contributed by atoms with van der Waals surface area (Å²) < 4.78 is 5.80. The Bertz CT molecular complexity index is 470. The Morgan fingerprint density at radius 2 is 2.09 bits per heavy atom. The van der Waals surface area contributed by atoms with Crippen LogP contribution in [0.15, 0.2) is 22.6 Å². The molecule has 3 heteroatoms. The van der Waals surface area contributed by atoms with Crippen LogP contribution in [-0.2, 0) is 6.42 Å². The van der Waals surface area contributed by atoms with E-state index in [0.717, 1.165) is 36.7 Å². The first-order valence-corrected chi connectivity index (χ1v) is 9.24. The summed E-state index contributed by atoms with van der Waals surface area (Å²) in [6.45, 7) is 1.87. The fourth-order valence-electron chi connectivity index (χ4n) is 3.31. The highest BCUT2D eigenvalue weighted by Gasteiger charge is 2.17. The maximum atomic E-state index is 9.17. The van der Waals surface area contributed by atoms with Gasteiger partial charge in [0, 0.05) is 12.0 Å². The van der Waals surface area contributed by atoms with Crippen LogP contribution >= 0.6 is 0 Å². The van der Waals surface area contributed by atoms with Gasteiger partial charge in [0.1, 0.15) is 11.5 Å². The number of allylic oxidation sites excluding steroid dienone is 1. The summed E-state index contributed by atoms with van der Waals surface area (Å²) in [6.07, 6.45) is 16.8. The van der Waals surface area contributed by atoms with E-state index in [2.05, 4.69) is 12.2 Å². The van der Waals surface area contributed by atoms with Crippen molar-refractivity contribution in [3.05, 3.63) is 29.7 Å². The van der Waals surface area contributed by atoms with E-state index in [0.29, 0.717) is 0 Å². The number of unbranched alkanes of at least 4 members (excludes halogenated alkanes) is 1. The van der Waals surface area contributed by atoms with Crippen molar-refractivity contribution in [2.75, 3.05) is 6.61 Å². The van der Waals surface area contributed by atoms with Crippen molar-refractivity contribution in [3.63, 3.8) is 0 Å². The summed E-state index contributed by atoms with van der Waals surface area (Å²) in [5.74, 6) is 2.84. The van der Waals surface area contributed by atoms with Crippen LogP contribution in [-0.4, -0.2) is 17.3 Å². The van der Waals surface area contributed by atoms with Crippen molar-refractivity contribution in [3.8, 4) is 0 Å². The monoisotopic (exact) mass is 319 g/mol. The molecular formula is C20H33NO2. The number of aryl methyl sites for hydroxylation is 1. The van der Waals surface area contributed by atoms with E-state index in [4.69, 9.17) is 10.2 Å². The molecule has 1 saturated carbocycles. The Morgan fingerprint density at radius 3 is 2.83 bits per heavy atom. The molecule has 0 saturated heterocycles. The second-order valence-electron chi connectivity index (χ2n) is 7.45. The average molecular weight is 319 g/mol. The minimum Gasteiger partial charge on any atom is -0.462 e. The molecule has 0 radical (unpaired) electrons. The number of hydrogen-bond donors (Lipinski definition) is 2. The molecule has 3 N–H and O–H groups in total. The zero-order valence-electron chi connectivity index (χ0n) is 14.6. The van der Waals surface area contributed by atoms with Crippen molar-refractivity contribution < 1.29 is 9.52 Å². The Morgan fingerprint density at radius 1 is 1.30 bits per heavy atom. The van der Waals surface area contributed by atoms with Gasteiger partial charge >= 0.3 is 0 Å². The molecule has 0 bridgehead atoms. The standard InChI is InChI=1S/C20H33NO2/c1-20(21,16-22)15-14-19-13-12-18(23-19)11-7-3-6-10-17-8-4-2-5-9-17/h7,11-13,17,22H,2-6,8-10,14-16,21H2,1H3/b11-7+. The lowest BCUT2D eigenvalue weighted by Gasteiger charge is -2.20. The van der Waals surface area contributed by atoms with Gasteiger partial charge in [0.2, 0.25) is 0 Å². The predicted octanol–water partition coefficient (Wildman–Crippen LogP) is 4.69. The minimum absolute atomic E-state index is 0.00145. The van der Waals surface area contributed by atoms with Gasteiger partial charge in [-0.1, -0.05) is 44.6 Å². The molecule has 130 valence electrons. The zero-order valence-corrected chi connectivity index (χ0v) is 14.6. The highest BCUT2D eigenvalue weighted by Crippen LogP contribution is 2.27. The minimum atomic E-state index is -0.526. The van der Waals surface area contributed by atoms with E-state index < -0.39 is 5.54 Å². The molecule has 0 amide bonds. The summed E-state index contributed by atoms with van der Waals surface area (Å²) >= 11 is 0. The van der Waals surface area contributed by atoms with Crippen LogP contribution in [0, 0.1) is 5.92 Å². The number of aliphatic hydroxyl groups is 1. The van der Waals surface area contributed by atoms with Crippen molar-refractivity contribution in [1.29, 1.82) is 0 Å². The van der Waals surface area contributed by atoms with E-state index in [1.807, 2.05) is 19.1 Å². The van der Waals surface area contributed by atoms with E-state index in [1.165, 1.54) is 44.9 Å². The molecule has 0 aliphatic heterocycles. The number of hydrogen-bond acceptors (Lipinski definition) is 3. The second kappa shape index (κ2) is 9.29. The Balaban J connectivity index is 1.65. The van der Waals surface area contributed by atoms with Crippen molar-refractivity contribution >= 4 is 6.08 Å². The zero-order chi connectivity index (χ0) is 16.5. The number of rotatable bonds is 9. The first-order valence-electron chi connectivity index (χ1n) is 9.24. The first kappa shape index (κ1) is 18.3. The topological polar surface area (TPSA) is 59.4 Å². The predicted molar refractivity (Wildman–Crippen MR) is 96.2 cm³/mol. The SMILES string of the molecule is CC(N)(CO)CCc1ccc(/C=C/CCCC2CCCCC2)o1. The fraction of sp³-hybridized carbons (Fsp3) is 0.700. The van der Waals surface area contributed by atoms with Crippen LogP contribution in [0.25, 0.3) is 6.08 Å². The second-order valence-corrected chi connectivity index (χ2v) is 7.45. The number of nitrogens with two attached hydrogens (primary N) is 1. The van der Waals surface area contributed by atoms with Crippen LogP contribution < -0.4 is 5.73 Å². The molecule has 1 aromatic heterocycles. The van der Waals surface area contributed by atoms with Crippen molar-refractivity contribution in [2.24, 2.45) is 11.7 Å². The summed E-state index contributed by atoms with van der Waals surface area (Å²) in [6, 6.07) is 4.02. The molecule has 1 aliphatic carbocycles. The molecule has 1 heterocycles. The molecule has 1 aliphatic rings. The Labute approximate surface area is 141 Å². The van der Waals surface area contributed by atoms with Gasteiger partial charge in [-0.2, -0.15) is 0 Å². The number of furan rings is 1. The van der Waals surface area contributed by atoms with Crippen LogP contribution in [0.4, 0.5) is 0 Å². The average Bonchev–Trinajstić information content (AvgIpc) is 3.02. The van der Waals surface area contributed by atoms with Crippen molar-refractivity contribution in [1.82, 2.24) is 0 Å². The van der Waals surface area contributed by atoms with Gasteiger partial charge in [0.25, 0.3) is 0 Å². The molecule has 1 fully saturated rings. The molecule has 0 spiro atoms. The lowest BCUT2D eigenvalue weighted by Crippen LogP contribution is -2.40. The van der Waals surface area contributed by atoms with E-state index in [9.17, 15) is 5.11 Å². The van der Waals surface area contributed by atoms with Crippen LogP contribution in [0.2, 0.25) is 0 Å². The summed E-state index contributed by atoms with van der Waals surface area (Å²) in [5, 5.41) is 9.17. The Kier molecular flexibility index (Phi) is 7.38. The highest BCUT2D eigenvalue weighted by atomic mass is 16.3. The molecule has 3 nitrogen and oxygen atoms in total. The van der Waals surface area contributed by atoms with Gasteiger partial charge in [0.15, 0.2) is 0 Å². The maximum absolute atomic E-state index is 9.17.